The standard InChI is InChI=1S/C16H16N2O2S/c1-20-10-12-5-2-3-7-15(12)18-16(19)13-9-14(21-11-13)6-4-8-17/h2-3,5,7,9,11H,8,10,17H2,1H3,(H,18,19). The van der Waals surface area contributed by atoms with Crippen molar-refractivity contribution in [3.63, 3.8) is 0 Å². The van der Waals surface area contributed by atoms with E-state index >= 15 is 0 Å². The molecule has 108 valence electrons. The van der Waals surface area contributed by atoms with Crippen LogP contribution in [0.5, 0.6) is 0 Å². The summed E-state index contributed by atoms with van der Waals surface area (Å²) in [5, 5.41) is 4.68. The maximum atomic E-state index is 12.2. The molecule has 21 heavy (non-hydrogen) atoms. The molecule has 3 N–H and O–H groups in total. The first-order chi connectivity index (χ1) is 10.2. The minimum absolute atomic E-state index is 0.157. The Morgan fingerprint density at radius 2 is 2.24 bits per heavy atom. The van der Waals surface area contributed by atoms with E-state index in [2.05, 4.69) is 17.2 Å². The predicted molar refractivity (Wildman–Crippen MR) is 85.4 cm³/mol. The van der Waals surface area contributed by atoms with Crippen molar-refractivity contribution in [3.8, 4) is 11.8 Å². The van der Waals surface area contributed by atoms with Gasteiger partial charge < -0.3 is 15.8 Å². The van der Waals surface area contributed by atoms with Crippen molar-refractivity contribution >= 4 is 22.9 Å². The molecular weight excluding hydrogens is 284 g/mol. The van der Waals surface area contributed by atoms with Gasteiger partial charge in [-0.05, 0) is 12.1 Å². The SMILES string of the molecule is COCc1ccccc1NC(=O)c1csc(C#CCN)c1. The zero-order valence-electron chi connectivity index (χ0n) is 11.7. The average molecular weight is 300 g/mol. The number of nitrogens with one attached hydrogen (secondary N) is 1. The third-order valence-electron chi connectivity index (χ3n) is 2.74. The molecule has 1 amide bonds. The second-order valence-electron chi connectivity index (χ2n) is 4.25. The van der Waals surface area contributed by atoms with E-state index in [1.54, 1.807) is 18.6 Å². The van der Waals surface area contributed by atoms with E-state index in [1.165, 1.54) is 11.3 Å². The van der Waals surface area contributed by atoms with Gasteiger partial charge in [0.05, 0.1) is 23.6 Å². The molecule has 0 saturated heterocycles. The summed E-state index contributed by atoms with van der Waals surface area (Å²) >= 11 is 1.43. The number of anilines is 1. The van der Waals surface area contributed by atoms with Gasteiger partial charge in [-0.3, -0.25) is 4.79 Å². The van der Waals surface area contributed by atoms with Gasteiger partial charge in [-0.25, -0.2) is 0 Å². The number of hydrogen-bond acceptors (Lipinski definition) is 4. The zero-order valence-corrected chi connectivity index (χ0v) is 12.5. The normalized spacial score (nSPS) is 9.81. The Labute approximate surface area is 127 Å². The number of hydrogen-bond donors (Lipinski definition) is 2. The van der Waals surface area contributed by atoms with Crippen LogP contribution in [0.15, 0.2) is 35.7 Å². The quantitative estimate of drug-likeness (QED) is 0.853. The van der Waals surface area contributed by atoms with Crippen LogP contribution in [0, 0.1) is 11.8 Å². The molecule has 0 aliphatic heterocycles. The van der Waals surface area contributed by atoms with Crippen molar-refractivity contribution in [2.24, 2.45) is 5.73 Å². The molecule has 0 radical (unpaired) electrons. The lowest BCUT2D eigenvalue weighted by atomic mass is 10.2. The van der Waals surface area contributed by atoms with Crippen molar-refractivity contribution in [3.05, 3.63) is 51.7 Å². The number of ether oxygens (including phenoxy) is 1. The van der Waals surface area contributed by atoms with E-state index < -0.39 is 0 Å². The number of amides is 1. The number of methoxy groups -OCH3 is 1. The van der Waals surface area contributed by atoms with Gasteiger partial charge in [-0.15, -0.1) is 11.3 Å². The van der Waals surface area contributed by atoms with Crippen LogP contribution in [0.1, 0.15) is 20.8 Å². The van der Waals surface area contributed by atoms with E-state index in [9.17, 15) is 4.79 Å². The Hall–Kier alpha value is -2.13. The Bertz CT molecular complexity index is 683. The Morgan fingerprint density at radius 3 is 3.00 bits per heavy atom. The minimum atomic E-state index is -0.157. The summed E-state index contributed by atoms with van der Waals surface area (Å²) in [5.41, 5.74) is 7.61. The number of benzene rings is 1. The van der Waals surface area contributed by atoms with Gasteiger partial charge in [0.15, 0.2) is 0 Å². The molecule has 0 bridgehead atoms. The lowest BCUT2D eigenvalue weighted by Gasteiger charge is -2.09. The summed E-state index contributed by atoms with van der Waals surface area (Å²) in [5.74, 6) is 5.53. The first-order valence-corrected chi connectivity index (χ1v) is 7.28. The van der Waals surface area contributed by atoms with Crippen molar-refractivity contribution in [2.45, 2.75) is 6.61 Å². The fourth-order valence-electron chi connectivity index (χ4n) is 1.78. The van der Waals surface area contributed by atoms with Gasteiger partial charge in [0, 0.05) is 23.7 Å². The van der Waals surface area contributed by atoms with E-state index in [-0.39, 0.29) is 5.91 Å². The predicted octanol–water partition coefficient (Wildman–Crippen LogP) is 2.46. The van der Waals surface area contributed by atoms with Gasteiger partial charge in [0.1, 0.15) is 0 Å². The largest absolute Gasteiger partial charge is 0.380 e. The van der Waals surface area contributed by atoms with Crippen LogP contribution < -0.4 is 11.1 Å². The van der Waals surface area contributed by atoms with Gasteiger partial charge in [-0.2, -0.15) is 0 Å². The molecule has 0 atom stereocenters. The fraction of sp³-hybridized carbons (Fsp3) is 0.188. The second-order valence-corrected chi connectivity index (χ2v) is 5.16. The Morgan fingerprint density at radius 1 is 1.43 bits per heavy atom. The number of carbonyl (C=O) groups is 1. The van der Waals surface area contributed by atoms with Crippen LogP contribution in [0.3, 0.4) is 0 Å². The van der Waals surface area contributed by atoms with Crippen LogP contribution >= 0.6 is 11.3 Å². The molecule has 5 heteroatoms. The number of carbonyl (C=O) groups excluding carboxylic acids is 1. The van der Waals surface area contributed by atoms with Crippen molar-refractivity contribution < 1.29 is 9.53 Å². The molecule has 2 aromatic rings. The van der Waals surface area contributed by atoms with Gasteiger partial charge in [-0.1, -0.05) is 30.0 Å². The summed E-state index contributed by atoms with van der Waals surface area (Å²) in [6, 6.07) is 9.33. The summed E-state index contributed by atoms with van der Waals surface area (Å²) in [7, 11) is 1.62. The highest BCUT2D eigenvalue weighted by molar-refractivity contribution is 7.10. The van der Waals surface area contributed by atoms with E-state index in [1.807, 2.05) is 24.3 Å². The van der Waals surface area contributed by atoms with Crippen LogP contribution in [-0.2, 0) is 11.3 Å². The second kappa shape index (κ2) is 7.60. The van der Waals surface area contributed by atoms with Crippen molar-refractivity contribution in [1.29, 1.82) is 0 Å². The number of nitrogens with two attached hydrogens (primary N) is 1. The highest BCUT2D eigenvalue weighted by Gasteiger charge is 2.10. The average Bonchev–Trinajstić information content (AvgIpc) is 2.96. The van der Waals surface area contributed by atoms with Gasteiger partial charge in [0.25, 0.3) is 5.91 Å². The van der Waals surface area contributed by atoms with E-state index in [0.717, 1.165) is 16.1 Å². The highest BCUT2D eigenvalue weighted by atomic mass is 32.1. The van der Waals surface area contributed by atoms with Crippen LogP contribution in [0.2, 0.25) is 0 Å². The highest BCUT2D eigenvalue weighted by Crippen LogP contribution is 2.19. The molecule has 1 aromatic heterocycles. The van der Waals surface area contributed by atoms with E-state index in [4.69, 9.17) is 10.5 Å². The summed E-state index contributed by atoms with van der Waals surface area (Å²) in [4.78, 5) is 13.1. The molecule has 0 aliphatic rings. The monoisotopic (exact) mass is 300 g/mol. The molecule has 1 aromatic carbocycles. The lowest BCUT2D eigenvalue weighted by Crippen LogP contribution is -2.12. The molecule has 0 unspecified atom stereocenters. The molecule has 4 nitrogen and oxygen atoms in total. The molecular formula is C16H16N2O2S. The third-order valence-corrected chi connectivity index (χ3v) is 3.59. The van der Waals surface area contributed by atoms with Crippen LogP contribution in [0.4, 0.5) is 5.69 Å². The van der Waals surface area contributed by atoms with Gasteiger partial charge >= 0.3 is 0 Å². The Kier molecular flexibility index (Phi) is 5.52. The van der Waals surface area contributed by atoms with Gasteiger partial charge in [0.2, 0.25) is 0 Å². The van der Waals surface area contributed by atoms with Crippen molar-refractivity contribution in [1.82, 2.24) is 0 Å². The minimum Gasteiger partial charge on any atom is -0.380 e. The zero-order chi connectivity index (χ0) is 15.1. The van der Waals surface area contributed by atoms with Crippen LogP contribution in [0.25, 0.3) is 0 Å². The summed E-state index contributed by atoms with van der Waals surface area (Å²) in [6.07, 6.45) is 0. The lowest BCUT2D eigenvalue weighted by molar-refractivity contribution is 0.102. The Balaban J connectivity index is 2.13. The molecule has 0 fully saturated rings. The number of rotatable bonds is 4. The van der Waals surface area contributed by atoms with Crippen LogP contribution in [-0.4, -0.2) is 19.6 Å². The topological polar surface area (TPSA) is 64.3 Å². The maximum Gasteiger partial charge on any atom is 0.256 e. The first kappa shape index (κ1) is 15.3. The molecule has 0 saturated carbocycles. The summed E-state index contributed by atoms with van der Waals surface area (Å²) in [6.45, 7) is 0.761. The number of para-hydroxylation sites is 1. The smallest absolute Gasteiger partial charge is 0.256 e. The number of thiophene rings is 1. The fourth-order valence-corrected chi connectivity index (χ4v) is 2.53. The van der Waals surface area contributed by atoms with E-state index in [0.29, 0.717) is 18.7 Å². The molecule has 0 aliphatic carbocycles. The molecule has 2 rings (SSSR count). The first-order valence-electron chi connectivity index (χ1n) is 6.40. The van der Waals surface area contributed by atoms with Crippen molar-refractivity contribution in [2.75, 3.05) is 19.0 Å². The third kappa shape index (κ3) is 4.17. The maximum absolute atomic E-state index is 12.2. The molecule has 0 spiro atoms. The molecule has 1 heterocycles. The summed E-state index contributed by atoms with van der Waals surface area (Å²) < 4.78 is 5.12.